The van der Waals surface area contributed by atoms with Crippen molar-refractivity contribution >= 4 is 11.7 Å². The fourth-order valence-corrected chi connectivity index (χ4v) is 5.06. The fourth-order valence-electron chi connectivity index (χ4n) is 5.06. The number of ether oxygens (including phenoxy) is 3. The van der Waals surface area contributed by atoms with Gasteiger partial charge in [0, 0.05) is 17.5 Å². The molecule has 2 aliphatic rings. The van der Waals surface area contributed by atoms with Gasteiger partial charge >= 0.3 is 0 Å². The maximum atomic E-state index is 13.5. The summed E-state index contributed by atoms with van der Waals surface area (Å²) >= 11 is 0. The normalized spacial score (nSPS) is 18.7. The first-order valence-electron chi connectivity index (χ1n) is 14.3. The Morgan fingerprint density at radius 2 is 1.93 bits per heavy atom. The van der Waals surface area contributed by atoms with Crippen molar-refractivity contribution in [1.82, 2.24) is 20.0 Å². The number of primary amides is 1. The second kappa shape index (κ2) is 11.0. The number of nitrogens with zero attached hydrogens (tertiary/aromatic N) is 4. The van der Waals surface area contributed by atoms with Crippen LogP contribution in [0.4, 0.5) is 4.39 Å². The van der Waals surface area contributed by atoms with Gasteiger partial charge in [-0.25, -0.2) is 14.1 Å². The first-order valence-corrected chi connectivity index (χ1v) is 14.3. The van der Waals surface area contributed by atoms with E-state index in [0.29, 0.717) is 39.8 Å². The van der Waals surface area contributed by atoms with Crippen molar-refractivity contribution in [2.24, 2.45) is 5.73 Å². The van der Waals surface area contributed by atoms with Gasteiger partial charge in [-0.1, -0.05) is 5.21 Å². The lowest BCUT2D eigenvalue weighted by molar-refractivity contribution is -0.123. The quantitative estimate of drug-likeness (QED) is 0.243. The minimum Gasteiger partial charge on any atom is -0.493 e. The van der Waals surface area contributed by atoms with Gasteiger partial charge in [0.25, 0.3) is 0 Å². The first kappa shape index (κ1) is 29.2. The lowest BCUT2D eigenvalue weighted by Crippen LogP contribution is -2.40. The second-order valence-corrected chi connectivity index (χ2v) is 11.6. The van der Waals surface area contributed by atoms with Crippen LogP contribution in [0.5, 0.6) is 17.2 Å². The first-order chi connectivity index (χ1) is 21.0. The molecule has 2 aromatic heterocycles. The summed E-state index contributed by atoms with van der Waals surface area (Å²) in [4.78, 5) is 30.5. The Labute approximate surface area is 252 Å². The number of carbonyl (C=O) groups is 2. The maximum Gasteiger partial charge on any atom is 0.231 e. The number of ketones is 1. The molecule has 2 aromatic carbocycles. The highest BCUT2D eigenvalue weighted by Crippen LogP contribution is 2.45. The molecule has 1 aliphatic carbocycles. The van der Waals surface area contributed by atoms with E-state index in [1.165, 1.54) is 23.9 Å². The molecule has 0 saturated heterocycles. The number of amides is 1. The summed E-state index contributed by atoms with van der Waals surface area (Å²) in [5.74, 6) is 0.166. The number of benzene rings is 2. The molecule has 4 aromatic rings. The van der Waals surface area contributed by atoms with Gasteiger partial charge in [0.2, 0.25) is 5.91 Å². The molecule has 2 atom stereocenters. The topological polar surface area (TPSA) is 152 Å². The minimum atomic E-state index is -1.59. The van der Waals surface area contributed by atoms with Gasteiger partial charge in [0.1, 0.15) is 34.8 Å². The smallest absolute Gasteiger partial charge is 0.231 e. The molecule has 0 bridgehead atoms. The average Bonchev–Trinajstić information content (AvgIpc) is 3.57. The SMILES string of the molecule is COc1cc(C(=O)CC[C@](C)(O)c2cc3c(c(-c4cn(-c5ccc(F)cc5)nn4)n2)OC[C@]3(C)C(N)=O)ccc1OC1CC1. The van der Waals surface area contributed by atoms with Crippen LogP contribution in [0.25, 0.3) is 17.1 Å². The highest BCUT2D eigenvalue weighted by atomic mass is 19.1. The Kier molecular flexibility index (Phi) is 7.32. The molecule has 3 N–H and O–H groups in total. The van der Waals surface area contributed by atoms with Crippen LogP contribution in [-0.4, -0.2) is 56.6 Å². The predicted octanol–water partition coefficient (Wildman–Crippen LogP) is 4.02. The molecular weight excluding hydrogens is 569 g/mol. The Hall–Kier alpha value is -4.84. The molecule has 1 amide bonds. The van der Waals surface area contributed by atoms with E-state index >= 15 is 0 Å². The summed E-state index contributed by atoms with van der Waals surface area (Å²) in [5, 5.41) is 20.0. The van der Waals surface area contributed by atoms with E-state index in [1.807, 2.05) is 0 Å². The lowest BCUT2D eigenvalue weighted by atomic mass is 9.81. The number of nitrogens with two attached hydrogens (primary N) is 1. The Balaban J connectivity index is 1.30. The Bertz CT molecular complexity index is 1750. The molecule has 11 nitrogen and oxygen atoms in total. The Morgan fingerprint density at radius 3 is 2.61 bits per heavy atom. The molecule has 0 unspecified atom stereocenters. The van der Waals surface area contributed by atoms with E-state index in [0.717, 1.165) is 12.8 Å². The third-order valence-corrected chi connectivity index (χ3v) is 8.14. The highest BCUT2D eigenvalue weighted by Gasteiger charge is 2.45. The number of fused-ring (bicyclic) bond motifs is 1. The number of methoxy groups -OCH3 is 1. The van der Waals surface area contributed by atoms with Crippen LogP contribution in [0, 0.1) is 5.82 Å². The van der Waals surface area contributed by atoms with Crippen molar-refractivity contribution in [3.8, 4) is 34.3 Å². The molecule has 0 radical (unpaired) electrons. The summed E-state index contributed by atoms with van der Waals surface area (Å²) in [5.41, 5.74) is 5.20. The third-order valence-electron chi connectivity index (χ3n) is 8.14. The largest absolute Gasteiger partial charge is 0.493 e. The molecule has 1 saturated carbocycles. The molecule has 12 heteroatoms. The molecule has 3 heterocycles. The number of rotatable bonds is 11. The molecule has 1 fully saturated rings. The standard InChI is InChI=1S/C32H32FN5O6/c1-31(30(34)40)17-43-29-22(31)15-27(35-28(29)23-16-38(37-36-23)20-7-5-19(33)6-8-20)32(2,41)13-12-24(39)18-4-11-25(26(14-18)42-3)44-21-9-10-21/h4-8,11,14-16,21,41H,9-10,12-13,17H2,1-3H3,(H2,34,40)/t31-,32-/m0/s1. The number of halogens is 1. The van der Waals surface area contributed by atoms with Gasteiger partial charge in [0.15, 0.2) is 23.0 Å². The molecule has 6 rings (SSSR count). The van der Waals surface area contributed by atoms with E-state index in [4.69, 9.17) is 24.9 Å². The van der Waals surface area contributed by atoms with Gasteiger partial charge in [-0.2, -0.15) is 0 Å². The van der Waals surface area contributed by atoms with Crippen LogP contribution in [0.2, 0.25) is 0 Å². The van der Waals surface area contributed by atoms with Crippen molar-refractivity contribution in [2.45, 2.75) is 56.7 Å². The molecule has 44 heavy (non-hydrogen) atoms. The monoisotopic (exact) mass is 601 g/mol. The number of aliphatic hydroxyl groups is 1. The van der Waals surface area contributed by atoms with Crippen LogP contribution in [0.3, 0.4) is 0 Å². The average molecular weight is 602 g/mol. The number of Topliss-reactive ketones (excluding diaryl/α,β-unsaturated/α-hetero) is 1. The van der Waals surface area contributed by atoms with E-state index in [-0.39, 0.29) is 48.5 Å². The van der Waals surface area contributed by atoms with Crippen LogP contribution in [0.1, 0.15) is 61.1 Å². The number of hydrogen-bond acceptors (Lipinski definition) is 9. The Morgan fingerprint density at radius 1 is 1.18 bits per heavy atom. The number of carbonyl (C=O) groups excluding carboxylic acids is 2. The van der Waals surface area contributed by atoms with Gasteiger partial charge in [-0.3, -0.25) is 9.59 Å². The number of aromatic nitrogens is 4. The van der Waals surface area contributed by atoms with Gasteiger partial charge in [-0.15, -0.1) is 5.10 Å². The van der Waals surface area contributed by atoms with Crippen molar-refractivity contribution < 1.29 is 33.3 Å². The number of pyridine rings is 1. The van der Waals surface area contributed by atoms with Gasteiger partial charge in [0.05, 0.1) is 30.8 Å². The molecular formula is C32H32FN5O6. The summed E-state index contributed by atoms with van der Waals surface area (Å²) < 4.78 is 32.1. The summed E-state index contributed by atoms with van der Waals surface area (Å²) in [7, 11) is 1.52. The predicted molar refractivity (Wildman–Crippen MR) is 156 cm³/mol. The highest BCUT2D eigenvalue weighted by molar-refractivity contribution is 5.96. The van der Waals surface area contributed by atoms with Crippen LogP contribution < -0.4 is 19.9 Å². The zero-order chi connectivity index (χ0) is 31.2. The summed E-state index contributed by atoms with van der Waals surface area (Å²) in [6.07, 6.45) is 3.78. The van der Waals surface area contributed by atoms with Crippen LogP contribution >= 0.6 is 0 Å². The van der Waals surface area contributed by atoms with Crippen molar-refractivity contribution in [1.29, 1.82) is 0 Å². The van der Waals surface area contributed by atoms with Crippen LogP contribution in [0.15, 0.2) is 54.7 Å². The maximum absolute atomic E-state index is 13.5. The van der Waals surface area contributed by atoms with Gasteiger partial charge in [-0.05, 0) is 81.6 Å². The van der Waals surface area contributed by atoms with Gasteiger partial charge < -0.3 is 25.1 Å². The molecule has 0 spiro atoms. The minimum absolute atomic E-state index is 0.00256. The zero-order valence-corrected chi connectivity index (χ0v) is 24.5. The van der Waals surface area contributed by atoms with Crippen molar-refractivity contribution in [2.75, 3.05) is 13.7 Å². The molecule has 228 valence electrons. The van der Waals surface area contributed by atoms with E-state index in [9.17, 15) is 19.1 Å². The molecule has 1 aliphatic heterocycles. The lowest BCUT2D eigenvalue weighted by Gasteiger charge is -2.25. The van der Waals surface area contributed by atoms with E-state index < -0.39 is 16.9 Å². The van der Waals surface area contributed by atoms with E-state index in [1.54, 1.807) is 56.4 Å². The summed E-state index contributed by atoms with van der Waals surface area (Å²) in [6.45, 7) is 3.19. The van der Waals surface area contributed by atoms with Crippen LogP contribution in [-0.2, 0) is 15.8 Å². The van der Waals surface area contributed by atoms with Crippen molar-refractivity contribution in [3.63, 3.8) is 0 Å². The zero-order valence-electron chi connectivity index (χ0n) is 24.5. The third kappa shape index (κ3) is 5.48. The number of hydrogen-bond donors (Lipinski definition) is 2. The van der Waals surface area contributed by atoms with E-state index in [2.05, 4.69) is 10.3 Å². The second-order valence-electron chi connectivity index (χ2n) is 11.6. The summed E-state index contributed by atoms with van der Waals surface area (Å²) in [6, 6.07) is 12.4. The fraction of sp³-hybridized carbons (Fsp3) is 0.344. The van der Waals surface area contributed by atoms with Crippen molar-refractivity contribution in [3.05, 3.63) is 77.4 Å².